The third-order valence-corrected chi connectivity index (χ3v) is 3.94. The van der Waals surface area contributed by atoms with Crippen LogP contribution in [0.3, 0.4) is 0 Å². The Hall–Kier alpha value is -0.690. The van der Waals surface area contributed by atoms with Gasteiger partial charge in [-0.25, -0.2) is 0 Å². The fourth-order valence-electron chi connectivity index (χ4n) is 1.76. The molecule has 0 bridgehead atoms. The van der Waals surface area contributed by atoms with Gasteiger partial charge in [0.15, 0.2) is 0 Å². The first-order valence-corrected chi connectivity index (χ1v) is 6.07. The minimum Gasteiger partial charge on any atom is -0.331 e. The smallest absolute Gasteiger partial charge is 0.289 e. The molecule has 3 amide bonds. The van der Waals surface area contributed by atoms with E-state index in [1.807, 2.05) is 0 Å². The Kier molecular flexibility index (Phi) is 2.68. The van der Waals surface area contributed by atoms with Crippen molar-refractivity contribution < 1.29 is 14.4 Å². The molecule has 82 valence electrons. The minimum atomic E-state index is -0.611. The Labute approximate surface area is 96.6 Å². The summed E-state index contributed by atoms with van der Waals surface area (Å²) >= 11 is 5.04. The highest BCUT2D eigenvalue weighted by atomic mass is 32.2. The van der Waals surface area contributed by atoms with Crippen LogP contribution in [0.25, 0.3) is 0 Å². The van der Waals surface area contributed by atoms with Crippen molar-refractivity contribution in [3.8, 4) is 0 Å². The fraction of sp³-hybridized carbons (Fsp3) is 0.625. The molecular weight excluding hydrogens is 236 g/mol. The molecule has 7 heteroatoms. The molecule has 2 aliphatic heterocycles. The summed E-state index contributed by atoms with van der Waals surface area (Å²) in [5, 5.41) is -0.321. The first-order valence-electron chi connectivity index (χ1n) is 4.45. The lowest BCUT2D eigenvalue weighted by molar-refractivity contribution is -0.153. The van der Waals surface area contributed by atoms with E-state index in [0.717, 1.165) is 16.7 Å². The molecule has 0 aromatic heterocycles. The van der Waals surface area contributed by atoms with Gasteiger partial charge in [-0.3, -0.25) is 19.3 Å². The molecule has 0 aromatic carbocycles. The number of amides is 3. The van der Waals surface area contributed by atoms with Crippen LogP contribution in [0.2, 0.25) is 0 Å². The van der Waals surface area contributed by atoms with Crippen LogP contribution in [-0.2, 0) is 9.59 Å². The first-order chi connectivity index (χ1) is 7.07. The van der Waals surface area contributed by atoms with Crippen LogP contribution in [0.15, 0.2) is 0 Å². The van der Waals surface area contributed by atoms with Gasteiger partial charge in [0, 0.05) is 18.6 Å². The molecule has 0 aliphatic carbocycles. The van der Waals surface area contributed by atoms with Crippen molar-refractivity contribution in [1.82, 2.24) is 9.80 Å². The van der Waals surface area contributed by atoms with Gasteiger partial charge < -0.3 is 4.90 Å². The summed E-state index contributed by atoms with van der Waals surface area (Å²) in [6.45, 7) is 0. The quantitative estimate of drug-likeness (QED) is 0.652. The molecule has 2 fully saturated rings. The van der Waals surface area contributed by atoms with Crippen molar-refractivity contribution >= 4 is 41.4 Å². The molecular formula is C8H10N2O3S2. The molecule has 5 nitrogen and oxygen atoms in total. The molecule has 0 saturated carbocycles. The number of carbonyl (C=O) groups excluding carboxylic acids is 3. The Morgan fingerprint density at radius 1 is 1.40 bits per heavy atom. The average molecular weight is 246 g/mol. The number of hydrogen-bond donors (Lipinski definition) is 1. The lowest BCUT2D eigenvalue weighted by atomic mass is 10.1. The van der Waals surface area contributed by atoms with E-state index in [2.05, 4.69) is 12.6 Å². The molecule has 2 rings (SSSR count). The standard InChI is InChI=1S/C8H10N2O3S2/c1-9-4(2-14)7(12)10-5(6(9)11)3-15-8(10)13/h4-5,14H,2-3H2,1H3. The monoisotopic (exact) mass is 246 g/mol. The van der Waals surface area contributed by atoms with Crippen molar-refractivity contribution in [3.63, 3.8) is 0 Å². The predicted octanol–water partition coefficient (Wildman–Crippen LogP) is -0.179. The van der Waals surface area contributed by atoms with E-state index < -0.39 is 12.1 Å². The summed E-state index contributed by atoms with van der Waals surface area (Å²) in [6, 6.07) is -1.21. The van der Waals surface area contributed by atoms with Crippen molar-refractivity contribution in [1.29, 1.82) is 0 Å². The molecule has 0 radical (unpaired) electrons. The maximum Gasteiger partial charge on any atom is 0.289 e. The molecule has 2 aliphatic rings. The van der Waals surface area contributed by atoms with Gasteiger partial charge in [0.1, 0.15) is 12.1 Å². The van der Waals surface area contributed by atoms with E-state index in [1.54, 1.807) is 7.05 Å². The van der Waals surface area contributed by atoms with Crippen LogP contribution in [-0.4, -0.2) is 57.5 Å². The second kappa shape index (κ2) is 3.71. The van der Waals surface area contributed by atoms with Crippen LogP contribution in [0.4, 0.5) is 4.79 Å². The Balaban J connectivity index is 2.35. The number of carbonyl (C=O) groups is 3. The first kappa shape index (κ1) is 10.8. The SMILES string of the molecule is CN1C(=O)C2CSC(=O)N2C(=O)C1CS. The number of fused-ring (bicyclic) bond motifs is 1. The molecule has 0 spiro atoms. The van der Waals surface area contributed by atoms with Gasteiger partial charge in [0.05, 0.1) is 0 Å². The van der Waals surface area contributed by atoms with Gasteiger partial charge >= 0.3 is 0 Å². The third kappa shape index (κ3) is 1.45. The molecule has 2 unspecified atom stereocenters. The van der Waals surface area contributed by atoms with Crippen molar-refractivity contribution in [3.05, 3.63) is 0 Å². The summed E-state index contributed by atoms with van der Waals surface area (Å²) in [4.78, 5) is 37.5. The Morgan fingerprint density at radius 2 is 2.07 bits per heavy atom. The summed E-state index contributed by atoms with van der Waals surface area (Å²) < 4.78 is 0. The molecule has 2 atom stereocenters. The van der Waals surface area contributed by atoms with Crippen molar-refractivity contribution in [2.45, 2.75) is 12.1 Å². The number of rotatable bonds is 1. The van der Waals surface area contributed by atoms with Crippen LogP contribution < -0.4 is 0 Å². The number of thiol groups is 1. The summed E-state index contributed by atoms with van der Waals surface area (Å²) in [5.74, 6) is 0.119. The number of nitrogens with zero attached hydrogens (tertiary/aromatic N) is 2. The normalized spacial score (nSPS) is 31.2. The highest BCUT2D eigenvalue weighted by molar-refractivity contribution is 8.14. The molecule has 2 heterocycles. The molecule has 0 aromatic rings. The third-order valence-electron chi connectivity index (χ3n) is 2.67. The molecule has 0 N–H and O–H groups in total. The largest absolute Gasteiger partial charge is 0.331 e. The van der Waals surface area contributed by atoms with Crippen LogP contribution in [0.5, 0.6) is 0 Å². The number of piperazine rings is 1. The predicted molar refractivity (Wildman–Crippen MR) is 58.9 cm³/mol. The zero-order valence-corrected chi connectivity index (χ0v) is 9.75. The van der Waals surface area contributed by atoms with Crippen LogP contribution in [0.1, 0.15) is 0 Å². The molecule has 2 saturated heterocycles. The van der Waals surface area contributed by atoms with Gasteiger partial charge in [0.25, 0.3) is 11.1 Å². The molecule has 15 heavy (non-hydrogen) atoms. The van der Waals surface area contributed by atoms with Crippen LogP contribution >= 0.6 is 24.4 Å². The minimum absolute atomic E-state index is 0.174. The Morgan fingerprint density at radius 3 is 2.67 bits per heavy atom. The van der Waals surface area contributed by atoms with Gasteiger partial charge in [-0.05, 0) is 0 Å². The van der Waals surface area contributed by atoms with Crippen molar-refractivity contribution in [2.24, 2.45) is 0 Å². The number of imide groups is 1. The average Bonchev–Trinajstić information content (AvgIpc) is 2.58. The zero-order chi connectivity index (χ0) is 11.2. The van der Waals surface area contributed by atoms with Gasteiger partial charge in [0.2, 0.25) is 5.91 Å². The second-order valence-electron chi connectivity index (χ2n) is 3.45. The maximum atomic E-state index is 11.9. The van der Waals surface area contributed by atoms with Gasteiger partial charge in [-0.2, -0.15) is 12.6 Å². The summed E-state index contributed by atoms with van der Waals surface area (Å²) in [7, 11) is 1.58. The van der Waals surface area contributed by atoms with E-state index in [-0.39, 0.29) is 22.8 Å². The maximum absolute atomic E-state index is 11.9. The van der Waals surface area contributed by atoms with E-state index >= 15 is 0 Å². The summed E-state index contributed by atoms with van der Waals surface area (Å²) in [5.41, 5.74) is 0. The van der Waals surface area contributed by atoms with E-state index in [1.165, 1.54) is 4.90 Å². The van der Waals surface area contributed by atoms with Crippen LogP contribution in [0, 0.1) is 0 Å². The zero-order valence-electron chi connectivity index (χ0n) is 8.04. The number of likely N-dealkylation sites (N-methyl/N-ethyl adjacent to an activating group) is 1. The topological polar surface area (TPSA) is 57.7 Å². The van der Waals surface area contributed by atoms with E-state index in [4.69, 9.17) is 0 Å². The number of thioether (sulfide) groups is 1. The highest BCUT2D eigenvalue weighted by Crippen LogP contribution is 2.30. The Bertz CT molecular complexity index is 347. The fourth-order valence-corrected chi connectivity index (χ4v) is 3.11. The van der Waals surface area contributed by atoms with Gasteiger partial charge in [-0.15, -0.1) is 0 Å². The number of hydrogen-bond acceptors (Lipinski definition) is 5. The second-order valence-corrected chi connectivity index (χ2v) is 4.78. The lowest BCUT2D eigenvalue weighted by Gasteiger charge is -2.38. The van der Waals surface area contributed by atoms with E-state index in [0.29, 0.717) is 5.75 Å². The summed E-state index contributed by atoms with van der Waals surface area (Å²) in [6.07, 6.45) is 0. The highest BCUT2D eigenvalue weighted by Gasteiger charge is 2.50. The lowest BCUT2D eigenvalue weighted by Crippen LogP contribution is -2.63. The van der Waals surface area contributed by atoms with Gasteiger partial charge in [-0.1, -0.05) is 11.8 Å². The van der Waals surface area contributed by atoms with Crippen molar-refractivity contribution in [2.75, 3.05) is 18.6 Å². The van der Waals surface area contributed by atoms with E-state index in [9.17, 15) is 14.4 Å².